The second kappa shape index (κ2) is 5.64. The summed E-state index contributed by atoms with van der Waals surface area (Å²) in [5, 5.41) is 9.71. The molecule has 0 bridgehead atoms. The second-order valence-electron chi connectivity index (χ2n) is 4.39. The van der Waals surface area contributed by atoms with Gasteiger partial charge in [-0.25, -0.2) is 0 Å². The molecule has 1 fully saturated rings. The van der Waals surface area contributed by atoms with Crippen molar-refractivity contribution < 1.29 is 5.11 Å². The molecular formula is C10H21NaO. The first-order valence-electron chi connectivity index (χ1n) is 4.79. The zero-order chi connectivity index (χ0) is 8.43. The number of hydrogen-bond donors (Lipinski definition) is 1. The molecule has 0 aliphatic heterocycles. The average Bonchev–Trinajstić information content (AvgIpc) is 1.85. The molecule has 1 aliphatic rings. The van der Waals surface area contributed by atoms with Crippen LogP contribution in [0.1, 0.15) is 40.0 Å². The Morgan fingerprint density at radius 3 is 2.25 bits per heavy atom. The Bertz CT molecular complexity index is 125. The molecule has 0 aromatic heterocycles. The first kappa shape index (κ1) is 13.0. The molecule has 12 heavy (non-hydrogen) atoms. The van der Waals surface area contributed by atoms with E-state index in [1.807, 2.05) is 0 Å². The van der Waals surface area contributed by atoms with Crippen LogP contribution in [0, 0.1) is 17.8 Å². The van der Waals surface area contributed by atoms with Crippen molar-refractivity contribution >= 4 is 29.6 Å². The van der Waals surface area contributed by atoms with Gasteiger partial charge in [0.25, 0.3) is 0 Å². The van der Waals surface area contributed by atoms with E-state index in [4.69, 9.17) is 0 Å². The molecule has 3 unspecified atom stereocenters. The summed E-state index contributed by atoms with van der Waals surface area (Å²) in [7, 11) is 0. The van der Waals surface area contributed by atoms with Crippen LogP contribution in [0.3, 0.4) is 0 Å². The number of rotatable bonds is 1. The van der Waals surface area contributed by atoms with Gasteiger partial charge in [0.05, 0.1) is 6.10 Å². The van der Waals surface area contributed by atoms with Crippen LogP contribution in [0.25, 0.3) is 0 Å². The fourth-order valence-electron chi connectivity index (χ4n) is 2.15. The SMILES string of the molecule is CC1CCC(C(C)C)C(O)C1.[NaH]. The van der Waals surface area contributed by atoms with Gasteiger partial charge in [-0.05, 0) is 30.6 Å². The monoisotopic (exact) mass is 180 g/mol. The second-order valence-corrected chi connectivity index (χ2v) is 4.39. The summed E-state index contributed by atoms with van der Waals surface area (Å²) in [4.78, 5) is 0. The van der Waals surface area contributed by atoms with E-state index in [0.29, 0.717) is 11.8 Å². The third-order valence-electron chi connectivity index (χ3n) is 2.99. The molecule has 68 valence electrons. The fraction of sp³-hybridized carbons (Fsp3) is 1.00. The normalized spacial score (nSPS) is 36.2. The Morgan fingerprint density at radius 1 is 1.25 bits per heavy atom. The zero-order valence-corrected chi connectivity index (χ0v) is 7.88. The molecule has 0 aromatic rings. The van der Waals surface area contributed by atoms with Gasteiger partial charge in [0.2, 0.25) is 0 Å². The molecule has 0 spiro atoms. The van der Waals surface area contributed by atoms with E-state index in [1.54, 1.807) is 0 Å². The predicted molar refractivity (Wildman–Crippen MR) is 54.5 cm³/mol. The van der Waals surface area contributed by atoms with Gasteiger partial charge in [0.1, 0.15) is 0 Å². The fourth-order valence-corrected chi connectivity index (χ4v) is 2.15. The average molecular weight is 180 g/mol. The van der Waals surface area contributed by atoms with E-state index < -0.39 is 0 Å². The molecule has 2 heteroatoms. The van der Waals surface area contributed by atoms with Crippen molar-refractivity contribution in [1.82, 2.24) is 0 Å². The minimum atomic E-state index is -0.0289. The third kappa shape index (κ3) is 3.37. The van der Waals surface area contributed by atoms with Gasteiger partial charge in [-0.3, -0.25) is 0 Å². The Kier molecular flexibility index (Phi) is 6.09. The molecule has 0 radical (unpaired) electrons. The molecule has 0 aromatic carbocycles. The number of aliphatic hydroxyl groups excluding tert-OH is 1. The number of aliphatic hydroxyl groups is 1. The molecule has 1 rings (SSSR count). The van der Waals surface area contributed by atoms with Gasteiger partial charge in [-0.15, -0.1) is 0 Å². The molecule has 1 nitrogen and oxygen atoms in total. The number of hydrogen-bond acceptors (Lipinski definition) is 1. The van der Waals surface area contributed by atoms with Crippen LogP contribution in [0.5, 0.6) is 0 Å². The van der Waals surface area contributed by atoms with Crippen molar-refractivity contribution in [2.45, 2.75) is 46.1 Å². The van der Waals surface area contributed by atoms with Crippen LogP contribution < -0.4 is 0 Å². The van der Waals surface area contributed by atoms with E-state index in [1.165, 1.54) is 12.8 Å². The summed E-state index contributed by atoms with van der Waals surface area (Å²) in [5.74, 6) is 1.95. The molecule has 0 saturated heterocycles. The van der Waals surface area contributed by atoms with Crippen molar-refractivity contribution in [2.75, 3.05) is 0 Å². The van der Waals surface area contributed by atoms with Crippen LogP contribution in [0.4, 0.5) is 0 Å². The topological polar surface area (TPSA) is 20.2 Å². The van der Waals surface area contributed by atoms with Gasteiger partial charge < -0.3 is 5.11 Å². The summed E-state index contributed by atoms with van der Waals surface area (Å²) < 4.78 is 0. The van der Waals surface area contributed by atoms with Gasteiger partial charge in [0.15, 0.2) is 0 Å². The summed E-state index contributed by atoms with van der Waals surface area (Å²) in [6.45, 7) is 6.66. The molecular weight excluding hydrogens is 159 g/mol. The summed E-state index contributed by atoms with van der Waals surface area (Å²) >= 11 is 0. The van der Waals surface area contributed by atoms with Crippen molar-refractivity contribution in [1.29, 1.82) is 0 Å². The maximum atomic E-state index is 9.71. The van der Waals surface area contributed by atoms with Gasteiger partial charge in [0, 0.05) is 0 Å². The van der Waals surface area contributed by atoms with Crippen molar-refractivity contribution in [3.05, 3.63) is 0 Å². The van der Waals surface area contributed by atoms with E-state index in [0.717, 1.165) is 12.3 Å². The van der Waals surface area contributed by atoms with Crippen LogP contribution in [0.2, 0.25) is 0 Å². The maximum absolute atomic E-state index is 9.71. The molecule has 1 N–H and O–H groups in total. The van der Waals surface area contributed by atoms with Crippen LogP contribution in [-0.4, -0.2) is 40.8 Å². The minimum absolute atomic E-state index is 0. The molecule has 3 atom stereocenters. The predicted octanol–water partition coefficient (Wildman–Crippen LogP) is 1.79. The van der Waals surface area contributed by atoms with Crippen LogP contribution >= 0.6 is 0 Å². The van der Waals surface area contributed by atoms with E-state index in [-0.39, 0.29) is 35.7 Å². The van der Waals surface area contributed by atoms with Crippen LogP contribution in [-0.2, 0) is 0 Å². The van der Waals surface area contributed by atoms with E-state index >= 15 is 0 Å². The molecule has 0 amide bonds. The van der Waals surface area contributed by atoms with Gasteiger partial charge >= 0.3 is 29.6 Å². The molecule has 1 saturated carbocycles. The molecule has 1 aliphatic carbocycles. The third-order valence-corrected chi connectivity index (χ3v) is 2.99. The van der Waals surface area contributed by atoms with E-state index in [9.17, 15) is 5.11 Å². The summed E-state index contributed by atoms with van der Waals surface area (Å²) in [6, 6.07) is 0. The first-order chi connectivity index (χ1) is 5.11. The van der Waals surface area contributed by atoms with Gasteiger partial charge in [-0.1, -0.05) is 27.2 Å². The van der Waals surface area contributed by atoms with Crippen molar-refractivity contribution in [2.24, 2.45) is 17.8 Å². The Hall–Kier alpha value is 0.960. The Balaban J connectivity index is 0.00000121. The van der Waals surface area contributed by atoms with Gasteiger partial charge in [-0.2, -0.15) is 0 Å². The quantitative estimate of drug-likeness (QED) is 0.610. The summed E-state index contributed by atoms with van der Waals surface area (Å²) in [6.07, 6.45) is 3.52. The standard InChI is InChI=1S/C10H20O.Na.H/c1-7(2)9-5-4-8(3)6-10(9)11;;/h7-11H,4-6H2,1-3H3;;. The van der Waals surface area contributed by atoms with Crippen LogP contribution in [0.15, 0.2) is 0 Å². The van der Waals surface area contributed by atoms with E-state index in [2.05, 4.69) is 20.8 Å². The van der Waals surface area contributed by atoms with Crippen molar-refractivity contribution in [3.8, 4) is 0 Å². The zero-order valence-electron chi connectivity index (χ0n) is 7.88. The summed E-state index contributed by atoms with van der Waals surface area (Å²) in [5.41, 5.74) is 0. The first-order valence-corrected chi connectivity index (χ1v) is 4.79. The Labute approximate surface area is 98.2 Å². The molecule has 0 heterocycles. The Morgan fingerprint density at radius 2 is 1.83 bits per heavy atom. The van der Waals surface area contributed by atoms with Crippen molar-refractivity contribution in [3.63, 3.8) is 0 Å².